The van der Waals surface area contributed by atoms with Gasteiger partial charge in [-0.2, -0.15) is 5.10 Å². The molecule has 24 heavy (non-hydrogen) atoms. The summed E-state index contributed by atoms with van der Waals surface area (Å²) in [4.78, 5) is 22.4. The normalized spacial score (nSPS) is 10.8. The summed E-state index contributed by atoms with van der Waals surface area (Å²) in [5, 5.41) is 16.3. The Hall–Kier alpha value is -3.54. The van der Waals surface area contributed by atoms with Crippen LogP contribution in [0.15, 0.2) is 71.8 Å². The van der Waals surface area contributed by atoms with Crippen LogP contribution in [0.4, 0.5) is 5.69 Å². The monoisotopic (exact) mass is 319 g/mol. The molecular weight excluding hydrogens is 306 g/mol. The molecule has 0 unspecified atom stereocenters. The maximum absolute atomic E-state index is 12.3. The lowest BCUT2D eigenvalue weighted by Crippen LogP contribution is -2.17. The third-order valence-corrected chi connectivity index (χ3v) is 3.52. The summed E-state index contributed by atoms with van der Waals surface area (Å²) in [5.74, 6) is -0.315. The molecule has 3 rings (SSSR count). The Bertz CT molecular complexity index is 928. The van der Waals surface area contributed by atoms with Crippen LogP contribution < -0.4 is 5.43 Å². The number of non-ortho nitro benzene ring substituents is 1. The fraction of sp³-hybridized carbons (Fsp3) is 0. The van der Waals surface area contributed by atoms with Crippen molar-refractivity contribution in [2.24, 2.45) is 5.10 Å². The zero-order valence-corrected chi connectivity index (χ0v) is 12.5. The first kappa shape index (κ1) is 15.4. The van der Waals surface area contributed by atoms with Gasteiger partial charge in [-0.3, -0.25) is 14.9 Å². The molecule has 0 bridgehead atoms. The van der Waals surface area contributed by atoms with Crippen molar-refractivity contribution in [2.75, 3.05) is 0 Å². The van der Waals surface area contributed by atoms with Crippen molar-refractivity contribution in [3.8, 4) is 0 Å². The smallest absolute Gasteiger partial charge is 0.267 e. The van der Waals surface area contributed by atoms with Crippen molar-refractivity contribution in [3.05, 3.63) is 88.0 Å². The van der Waals surface area contributed by atoms with Crippen LogP contribution >= 0.6 is 0 Å². The fourth-order valence-corrected chi connectivity index (χ4v) is 2.33. The van der Waals surface area contributed by atoms with E-state index < -0.39 is 4.92 Å². The van der Waals surface area contributed by atoms with Gasteiger partial charge in [-0.15, -0.1) is 0 Å². The minimum absolute atomic E-state index is 0.00643. The van der Waals surface area contributed by atoms with Crippen LogP contribution in [-0.2, 0) is 0 Å². The maximum atomic E-state index is 12.3. The van der Waals surface area contributed by atoms with Gasteiger partial charge in [0.25, 0.3) is 11.6 Å². The van der Waals surface area contributed by atoms with Gasteiger partial charge >= 0.3 is 0 Å². The fourth-order valence-electron chi connectivity index (χ4n) is 2.33. The van der Waals surface area contributed by atoms with Crippen LogP contribution in [-0.4, -0.2) is 17.0 Å². The first-order valence-electron chi connectivity index (χ1n) is 7.21. The number of nitro groups is 1. The molecule has 0 saturated carbocycles. The van der Waals surface area contributed by atoms with Gasteiger partial charge in [0.15, 0.2) is 0 Å². The van der Waals surface area contributed by atoms with Gasteiger partial charge in [0.2, 0.25) is 0 Å². The number of hydrogen-bond donors (Lipinski definition) is 1. The number of nitrogens with zero attached hydrogens (tertiary/aromatic N) is 2. The van der Waals surface area contributed by atoms with Crippen molar-refractivity contribution >= 4 is 28.6 Å². The predicted octanol–water partition coefficient (Wildman–Crippen LogP) is 3.51. The zero-order valence-electron chi connectivity index (χ0n) is 12.5. The largest absolute Gasteiger partial charge is 0.271 e. The molecule has 3 aromatic carbocycles. The molecule has 0 aliphatic rings. The van der Waals surface area contributed by atoms with E-state index in [4.69, 9.17) is 0 Å². The minimum Gasteiger partial charge on any atom is -0.267 e. The highest BCUT2D eigenvalue weighted by Gasteiger charge is 2.08. The van der Waals surface area contributed by atoms with Crippen LogP contribution in [0.3, 0.4) is 0 Å². The molecule has 0 aliphatic heterocycles. The lowest BCUT2D eigenvalue weighted by Gasteiger charge is -2.04. The minimum atomic E-state index is -0.469. The maximum Gasteiger partial charge on any atom is 0.271 e. The van der Waals surface area contributed by atoms with E-state index in [0.717, 1.165) is 10.8 Å². The summed E-state index contributed by atoms with van der Waals surface area (Å²) >= 11 is 0. The van der Waals surface area contributed by atoms with Gasteiger partial charge in [0.1, 0.15) is 0 Å². The van der Waals surface area contributed by atoms with E-state index in [2.05, 4.69) is 10.5 Å². The zero-order chi connectivity index (χ0) is 16.9. The molecule has 118 valence electrons. The number of carbonyl (C=O) groups excluding carboxylic acids is 1. The predicted molar refractivity (Wildman–Crippen MR) is 92.1 cm³/mol. The van der Waals surface area contributed by atoms with Gasteiger partial charge < -0.3 is 0 Å². The Kier molecular flexibility index (Phi) is 4.29. The summed E-state index contributed by atoms with van der Waals surface area (Å²) in [7, 11) is 0. The number of nitro benzene ring substituents is 1. The molecule has 1 amide bonds. The average molecular weight is 319 g/mol. The lowest BCUT2D eigenvalue weighted by molar-refractivity contribution is -0.384. The number of benzene rings is 3. The molecule has 0 heterocycles. The summed E-state index contributed by atoms with van der Waals surface area (Å²) in [6, 6.07) is 19.0. The number of hydrogen-bond acceptors (Lipinski definition) is 4. The Balaban J connectivity index is 1.74. The molecule has 3 aromatic rings. The van der Waals surface area contributed by atoms with Crippen molar-refractivity contribution in [3.63, 3.8) is 0 Å². The molecule has 0 aromatic heterocycles. The molecule has 1 N–H and O–H groups in total. The van der Waals surface area contributed by atoms with Crippen molar-refractivity contribution in [2.45, 2.75) is 0 Å². The van der Waals surface area contributed by atoms with Crippen LogP contribution in [0.5, 0.6) is 0 Å². The highest BCUT2D eigenvalue weighted by Crippen LogP contribution is 2.18. The molecule has 0 spiro atoms. The van der Waals surface area contributed by atoms with Crippen LogP contribution in [0.1, 0.15) is 15.9 Å². The second kappa shape index (κ2) is 6.70. The summed E-state index contributed by atoms with van der Waals surface area (Å²) in [6.45, 7) is 0. The van der Waals surface area contributed by atoms with Gasteiger partial charge in [-0.25, -0.2) is 5.43 Å². The average Bonchev–Trinajstić information content (AvgIpc) is 2.61. The van der Waals surface area contributed by atoms with E-state index in [0.29, 0.717) is 11.1 Å². The van der Waals surface area contributed by atoms with E-state index in [1.165, 1.54) is 18.3 Å². The van der Waals surface area contributed by atoms with Crippen molar-refractivity contribution in [1.82, 2.24) is 5.43 Å². The van der Waals surface area contributed by atoms with Crippen molar-refractivity contribution in [1.29, 1.82) is 0 Å². The first-order valence-corrected chi connectivity index (χ1v) is 7.21. The van der Waals surface area contributed by atoms with E-state index in [1.807, 2.05) is 36.4 Å². The molecule has 6 heteroatoms. The molecular formula is C18H13N3O3. The number of nitrogens with one attached hydrogen (secondary N) is 1. The molecule has 0 radical (unpaired) electrons. The summed E-state index contributed by atoms with van der Waals surface area (Å²) in [6.07, 6.45) is 1.44. The van der Waals surface area contributed by atoms with E-state index >= 15 is 0 Å². The first-order chi connectivity index (χ1) is 11.6. The third kappa shape index (κ3) is 3.27. The van der Waals surface area contributed by atoms with Crippen molar-refractivity contribution < 1.29 is 9.72 Å². The topological polar surface area (TPSA) is 84.6 Å². The number of fused-ring (bicyclic) bond motifs is 1. The van der Waals surface area contributed by atoms with Crippen LogP contribution in [0.25, 0.3) is 10.8 Å². The number of amides is 1. The van der Waals surface area contributed by atoms with Gasteiger partial charge in [-0.05, 0) is 34.5 Å². The van der Waals surface area contributed by atoms with Gasteiger partial charge in [0.05, 0.1) is 11.1 Å². The van der Waals surface area contributed by atoms with Crippen LogP contribution in [0.2, 0.25) is 0 Å². The Morgan fingerprint density at radius 1 is 1.00 bits per heavy atom. The van der Waals surface area contributed by atoms with Gasteiger partial charge in [-0.1, -0.05) is 36.4 Å². The highest BCUT2D eigenvalue weighted by molar-refractivity contribution is 6.07. The quantitative estimate of drug-likeness (QED) is 0.453. The Labute approximate surface area is 137 Å². The second-order valence-electron chi connectivity index (χ2n) is 5.07. The molecule has 0 saturated heterocycles. The Morgan fingerprint density at radius 3 is 2.46 bits per heavy atom. The summed E-state index contributed by atoms with van der Waals surface area (Å²) < 4.78 is 0. The van der Waals surface area contributed by atoms with E-state index in [1.54, 1.807) is 18.2 Å². The lowest BCUT2D eigenvalue weighted by atomic mass is 10.0. The number of hydrazone groups is 1. The Morgan fingerprint density at radius 2 is 1.71 bits per heavy atom. The third-order valence-electron chi connectivity index (χ3n) is 3.52. The summed E-state index contributed by atoms with van der Waals surface area (Å²) in [5.41, 5.74) is 3.67. The molecule has 6 nitrogen and oxygen atoms in total. The van der Waals surface area contributed by atoms with E-state index in [-0.39, 0.29) is 11.6 Å². The molecule has 0 fully saturated rings. The highest BCUT2D eigenvalue weighted by atomic mass is 16.6. The number of rotatable bonds is 4. The number of carbonyl (C=O) groups is 1. The molecule has 0 aliphatic carbocycles. The standard InChI is InChI=1S/C18H13N3O3/c22-18(17-7-3-5-14-4-1-2-6-16(14)17)20-19-12-13-8-10-15(11-9-13)21(23)24/h1-12H,(H,20,22). The molecule has 0 atom stereocenters. The van der Waals surface area contributed by atoms with Crippen LogP contribution in [0, 0.1) is 10.1 Å². The van der Waals surface area contributed by atoms with E-state index in [9.17, 15) is 14.9 Å². The SMILES string of the molecule is O=C(NN=Cc1ccc([N+](=O)[O-])cc1)c1cccc2ccccc12. The van der Waals surface area contributed by atoms with Gasteiger partial charge in [0, 0.05) is 17.7 Å². The second-order valence-corrected chi connectivity index (χ2v) is 5.07.